The molecule has 0 amide bonds. The number of pyridine rings is 1. The minimum Gasteiger partial charge on any atom is -0.383 e. The second-order valence-electron chi connectivity index (χ2n) is 9.14. The second-order valence-corrected chi connectivity index (χ2v) is 9.14. The van der Waals surface area contributed by atoms with Crippen molar-refractivity contribution in [3.63, 3.8) is 0 Å². The standard InChI is InChI=1S/C25H25N9O2/c1-13(30-23-21(22(26)27-12-28-23)24-31-14(2)32-36-24)19-9-15-5-4-6-18(16-10-29-33(3)11-16)20(15)25(35)34(19)17-7-8-17/h4-6,9-13,17H,7-8H2,1-3H3,(H3,26,27,28,30). The number of hydrogen-bond acceptors (Lipinski definition) is 9. The van der Waals surface area contributed by atoms with Crippen LogP contribution in [0.4, 0.5) is 11.6 Å². The molecule has 0 saturated heterocycles. The van der Waals surface area contributed by atoms with E-state index in [1.54, 1.807) is 17.8 Å². The van der Waals surface area contributed by atoms with Gasteiger partial charge in [-0.15, -0.1) is 0 Å². The van der Waals surface area contributed by atoms with E-state index in [0.29, 0.717) is 22.6 Å². The summed E-state index contributed by atoms with van der Waals surface area (Å²) in [6.07, 6.45) is 7.02. The molecule has 4 heterocycles. The highest BCUT2D eigenvalue weighted by atomic mass is 16.5. The lowest BCUT2D eigenvalue weighted by Crippen LogP contribution is -2.26. The lowest BCUT2D eigenvalue weighted by Gasteiger charge is -2.22. The number of nitrogen functional groups attached to an aromatic ring is 1. The largest absolute Gasteiger partial charge is 0.383 e. The average Bonchev–Trinajstić information content (AvgIpc) is 3.45. The van der Waals surface area contributed by atoms with Crippen LogP contribution in [0.5, 0.6) is 0 Å². The van der Waals surface area contributed by atoms with Crippen molar-refractivity contribution in [2.75, 3.05) is 11.1 Å². The molecular weight excluding hydrogens is 458 g/mol. The van der Waals surface area contributed by atoms with Crippen molar-refractivity contribution in [1.29, 1.82) is 0 Å². The van der Waals surface area contributed by atoms with Gasteiger partial charge < -0.3 is 20.1 Å². The highest BCUT2D eigenvalue weighted by Gasteiger charge is 2.30. The molecule has 4 aromatic heterocycles. The number of fused-ring (bicyclic) bond motifs is 1. The fourth-order valence-corrected chi connectivity index (χ4v) is 4.64. The molecule has 182 valence electrons. The van der Waals surface area contributed by atoms with Crippen LogP contribution in [0.3, 0.4) is 0 Å². The Morgan fingerprint density at radius 2 is 2.08 bits per heavy atom. The van der Waals surface area contributed by atoms with Gasteiger partial charge in [-0.2, -0.15) is 10.1 Å². The predicted molar refractivity (Wildman–Crippen MR) is 135 cm³/mol. The molecule has 1 fully saturated rings. The van der Waals surface area contributed by atoms with Gasteiger partial charge >= 0.3 is 0 Å². The summed E-state index contributed by atoms with van der Waals surface area (Å²) >= 11 is 0. The molecule has 1 aromatic carbocycles. The molecule has 6 rings (SSSR count). The van der Waals surface area contributed by atoms with E-state index in [4.69, 9.17) is 10.3 Å². The minimum atomic E-state index is -0.276. The Hall–Kier alpha value is -4.54. The van der Waals surface area contributed by atoms with Crippen LogP contribution in [0.15, 0.2) is 52.3 Å². The molecule has 0 bridgehead atoms. The number of nitrogens with one attached hydrogen (secondary N) is 1. The Kier molecular flexibility index (Phi) is 5.06. The molecule has 0 spiro atoms. The third-order valence-corrected chi connectivity index (χ3v) is 6.45. The molecule has 11 heteroatoms. The third kappa shape index (κ3) is 3.69. The van der Waals surface area contributed by atoms with E-state index in [-0.39, 0.29) is 29.4 Å². The summed E-state index contributed by atoms with van der Waals surface area (Å²) in [7, 11) is 1.87. The van der Waals surface area contributed by atoms with E-state index in [1.807, 2.05) is 42.9 Å². The zero-order valence-corrected chi connectivity index (χ0v) is 20.1. The Balaban J connectivity index is 1.47. The number of aromatic nitrogens is 7. The van der Waals surface area contributed by atoms with E-state index >= 15 is 0 Å². The summed E-state index contributed by atoms with van der Waals surface area (Å²) in [5.41, 5.74) is 9.24. The number of hydrogen-bond donors (Lipinski definition) is 2. The molecule has 1 aliphatic rings. The molecule has 0 radical (unpaired) electrons. The molecule has 1 unspecified atom stereocenters. The second kappa shape index (κ2) is 8.29. The van der Waals surface area contributed by atoms with E-state index in [1.165, 1.54) is 6.33 Å². The number of nitrogens with zero attached hydrogens (tertiary/aromatic N) is 7. The lowest BCUT2D eigenvalue weighted by atomic mass is 10.00. The van der Waals surface area contributed by atoms with Gasteiger partial charge in [-0.05, 0) is 43.7 Å². The normalized spacial score (nSPS) is 14.3. The SMILES string of the molecule is Cc1noc(-c2c(N)ncnc2NC(C)c2cc3cccc(-c4cnn(C)c4)c3c(=O)n2C2CC2)n1. The van der Waals surface area contributed by atoms with Gasteiger partial charge in [-0.1, -0.05) is 23.4 Å². The van der Waals surface area contributed by atoms with Gasteiger partial charge in [0, 0.05) is 30.5 Å². The van der Waals surface area contributed by atoms with Gasteiger partial charge in [-0.25, -0.2) is 9.97 Å². The van der Waals surface area contributed by atoms with Crippen LogP contribution in [0.1, 0.15) is 43.4 Å². The lowest BCUT2D eigenvalue weighted by molar-refractivity contribution is 0.425. The third-order valence-electron chi connectivity index (χ3n) is 6.45. The summed E-state index contributed by atoms with van der Waals surface area (Å²) in [6.45, 7) is 3.72. The molecule has 3 N–H and O–H groups in total. The van der Waals surface area contributed by atoms with Crippen LogP contribution in [0, 0.1) is 6.92 Å². The van der Waals surface area contributed by atoms with Crippen LogP contribution in [-0.2, 0) is 7.05 Å². The fraction of sp³-hybridized carbons (Fsp3) is 0.280. The van der Waals surface area contributed by atoms with Gasteiger partial charge in [0.1, 0.15) is 23.5 Å². The van der Waals surface area contributed by atoms with Crippen LogP contribution in [-0.4, -0.2) is 34.5 Å². The van der Waals surface area contributed by atoms with Crippen molar-refractivity contribution >= 4 is 22.4 Å². The van der Waals surface area contributed by atoms with Crippen molar-refractivity contribution in [3.05, 3.63) is 64.9 Å². The van der Waals surface area contributed by atoms with Crippen LogP contribution in [0.25, 0.3) is 33.4 Å². The molecule has 36 heavy (non-hydrogen) atoms. The first-order valence-electron chi connectivity index (χ1n) is 11.8. The Labute approximate surface area is 206 Å². The first kappa shape index (κ1) is 22.0. The highest BCUT2D eigenvalue weighted by Crippen LogP contribution is 2.39. The molecule has 1 saturated carbocycles. The van der Waals surface area contributed by atoms with Gasteiger partial charge in [0.05, 0.1) is 17.6 Å². The molecule has 1 aliphatic carbocycles. The van der Waals surface area contributed by atoms with Crippen molar-refractivity contribution in [1.82, 2.24) is 34.5 Å². The maximum absolute atomic E-state index is 14.0. The van der Waals surface area contributed by atoms with Gasteiger partial charge in [0.2, 0.25) is 0 Å². The number of rotatable bonds is 6. The summed E-state index contributed by atoms with van der Waals surface area (Å²) in [5, 5.41) is 13.1. The highest BCUT2D eigenvalue weighted by molar-refractivity contribution is 5.96. The summed E-state index contributed by atoms with van der Waals surface area (Å²) in [6, 6.07) is 7.88. The Bertz CT molecular complexity index is 1660. The van der Waals surface area contributed by atoms with Crippen molar-refractivity contribution in [2.45, 2.75) is 38.8 Å². The van der Waals surface area contributed by atoms with Gasteiger partial charge in [0.15, 0.2) is 5.82 Å². The zero-order chi connectivity index (χ0) is 25.0. The minimum absolute atomic E-state index is 0.00643. The zero-order valence-electron chi connectivity index (χ0n) is 20.1. The van der Waals surface area contributed by atoms with Gasteiger partial charge in [0.25, 0.3) is 11.4 Å². The first-order chi connectivity index (χ1) is 17.4. The maximum atomic E-state index is 14.0. The van der Waals surface area contributed by atoms with E-state index in [0.717, 1.165) is 35.0 Å². The van der Waals surface area contributed by atoms with Crippen molar-refractivity contribution < 1.29 is 4.52 Å². The number of nitrogens with two attached hydrogens (primary N) is 1. The smallest absolute Gasteiger partial charge is 0.265 e. The summed E-state index contributed by atoms with van der Waals surface area (Å²) in [5.74, 6) is 1.40. The molecule has 11 nitrogen and oxygen atoms in total. The van der Waals surface area contributed by atoms with Crippen LogP contribution < -0.4 is 16.6 Å². The number of anilines is 2. The first-order valence-corrected chi connectivity index (χ1v) is 11.8. The Morgan fingerprint density at radius 1 is 1.25 bits per heavy atom. The molecular formula is C25H25N9O2. The number of benzene rings is 1. The quantitative estimate of drug-likeness (QED) is 0.370. The fourth-order valence-electron chi connectivity index (χ4n) is 4.64. The predicted octanol–water partition coefficient (Wildman–Crippen LogP) is 3.64. The Morgan fingerprint density at radius 3 is 2.78 bits per heavy atom. The van der Waals surface area contributed by atoms with Crippen molar-refractivity contribution in [2.24, 2.45) is 7.05 Å². The molecule has 0 aliphatic heterocycles. The van der Waals surface area contributed by atoms with Gasteiger partial charge in [-0.3, -0.25) is 9.48 Å². The molecule has 1 atom stereocenters. The van der Waals surface area contributed by atoms with E-state index in [9.17, 15) is 4.79 Å². The van der Waals surface area contributed by atoms with Crippen LogP contribution >= 0.6 is 0 Å². The average molecular weight is 484 g/mol. The monoisotopic (exact) mass is 483 g/mol. The maximum Gasteiger partial charge on any atom is 0.265 e. The molecule has 5 aromatic rings. The summed E-state index contributed by atoms with van der Waals surface area (Å²) < 4.78 is 9.00. The van der Waals surface area contributed by atoms with Crippen LogP contribution in [0.2, 0.25) is 0 Å². The number of aryl methyl sites for hydroxylation is 2. The summed E-state index contributed by atoms with van der Waals surface area (Å²) in [4.78, 5) is 26.7. The van der Waals surface area contributed by atoms with Crippen molar-refractivity contribution in [3.8, 4) is 22.6 Å². The van der Waals surface area contributed by atoms with E-state index in [2.05, 4.69) is 36.6 Å². The topological polar surface area (TPSA) is 143 Å². The van der Waals surface area contributed by atoms with E-state index < -0.39 is 0 Å².